The SMILES string of the molecule is CC(C)C1CCC(C(NN)c2ccccc2F)CC1. The first-order valence-corrected chi connectivity index (χ1v) is 7.34. The number of nitrogens with two attached hydrogens (primary N) is 1. The van der Waals surface area contributed by atoms with Gasteiger partial charge in [0.05, 0.1) is 6.04 Å². The van der Waals surface area contributed by atoms with Crippen LogP contribution in [-0.2, 0) is 0 Å². The maximum atomic E-state index is 13.9. The minimum atomic E-state index is -0.156. The maximum Gasteiger partial charge on any atom is 0.128 e. The molecule has 1 aliphatic carbocycles. The Morgan fingerprint density at radius 3 is 2.21 bits per heavy atom. The molecule has 0 amide bonds. The number of halogens is 1. The third kappa shape index (κ3) is 3.34. The van der Waals surface area contributed by atoms with E-state index in [2.05, 4.69) is 19.3 Å². The highest BCUT2D eigenvalue weighted by atomic mass is 19.1. The second-order valence-electron chi connectivity index (χ2n) is 6.08. The van der Waals surface area contributed by atoms with Crippen molar-refractivity contribution < 1.29 is 4.39 Å². The predicted octanol–water partition coefficient (Wildman–Crippen LogP) is 3.79. The van der Waals surface area contributed by atoms with Crippen LogP contribution in [0.2, 0.25) is 0 Å². The molecule has 1 saturated carbocycles. The summed E-state index contributed by atoms with van der Waals surface area (Å²) in [6.07, 6.45) is 4.72. The summed E-state index contributed by atoms with van der Waals surface area (Å²) in [7, 11) is 0. The largest absolute Gasteiger partial charge is 0.271 e. The minimum absolute atomic E-state index is 0.0608. The third-order valence-corrected chi connectivity index (χ3v) is 4.65. The molecule has 0 heterocycles. The average Bonchev–Trinajstić information content (AvgIpc) is 2.42. The monoisotopic (exact) mass is 264 g/mol. The van der Waals surface area contributed by atoms with Crippen LogP contribution < -0.4 is 11.3 Å². The molecule has 1 atom stereocenters. The first-order valence-electron chi connectivity index (χ1n) is 7.34. The predicted molar refractivity (Wildman–Crippen MR) is 76.8 cm³/mol. The zero-order valence-corrected chi connectivity index (χ0v) is 11.9. The Morgan fingerprint density at radius 1 is 1.11 bits per heavy atom. The van der Waals surface area contributed by atoms with Crippen molar-refractivity contribution in [2.75, 3.05) is 0 Å². The van der Waals surface area contributed by atoms with Crippen molar-refractivity contribution in [1.29, 1.82) is 0 Å². The van der Waals surface area contributed by atoms with Crippen molar-refractivity contribution in [3.05, 3.63) is 35.6 Å². The Labute approximate surface area is 115 Å². The van der Waals surface area contributed by atoms with E-state index in [9.17, 15) is 4.39 Å². The normalized spacial score (nSPS) is 25.5. The fourth-order valence-electron chi connectivity index (χ4n) is 3.35. The topological polar surface area (TPSA) is 38.0 Å². The second kappa shape index (κ2) is 6.49. The standard InChI is InChI=1S/C16H25FN2/c1-11(2)12-7-9-13(10-8-12)16(19-18)14-5-3-4-6-15(14)17/h3-6,11-13,16,19H,7-10,18H2,1-2H3. The molecule has 1 aromatic carbocycles. The molecule has 3 N–H and O–H groups in total. The Kier molecular flexibility index (Phi) is 4.94. The zero-order valence-electron chi connectivity index (χ0n) is 11.9. The van der Waals surface area contributed by atoms with Gasteiger partial charge in [-0.1, -0.05) is 32.0 Å². The molecule has 0 aromatic heterocycles. The van der Waals surface area contributed by atoms with Crippen LogP contribution >= 0.6 is 0 Å². The molecule has 1 unspecified atom stereocenters. The lowest BCUT2D eigenvalue weighted by molar-refractivity contribution is 0.187. The fraction of sp³-hybridized carbons (Fsp3) is 0.625. The molecule has 0 radical (unpaired) electrons. The molecule has 1 aromatic rings. The summed E-state index contributed by atoms with van der Waals surface area (Å²) in [6.45, 7) is 4.58. The van der Waals surface area contributed by atoms with Gasteiger partial charge in [0, 0.05) is 5.56 Å². The van der Waals surface area contributed by atoms with Crippen molar-refractivity contribution in [3.8, 4) is 0 Å². The molecule has 1 fully saturated rings. The maximum absolute atomic E-state index is 13.9. The summed E-state index contributed by atoms with van der Waals surface area (Å²) in [5.41, 5.74) is 3.54. The van der Waals surface area contributed by atoms with E-state index in [1.807, 2.05) is 12.1 Å². The van der Waals surface area contributed by atoms with Crippen LogP contribution in [0.1, 0.15) is 51.1 Å². The van der Waals surface area contributed by atoms with Crippen LogP contribution in [0.3, 0.4) is 0 Å². The summed E-state index contributed by atoms with van der Waals surface area (Å²) in [6, 6.07) is 6.90. The van der Waals surface area contributed by atoms with Crippen LogP contribution in [-0.4, -0.2) is 0 Å². The van der Waals surface area contributed by atoms with E-state index in [4.69, 9.17) is 5.84 Å². The molecule has 0 saturated heterocycles. The molecule has 2 nitrogen and oxygen atoms in total. The average molecular weight is 264 g/mol. The van der Waals surface area contributed by atoms with Crippen LogP contribution in [0, 0.1) is 23.6 Å². The molecule has 1 aliphatic rings. The first kappa shape index (κ1) is 14.5. The lowest BCUT2D eigenvalue weighted by Crippen LogP contribution is -2.36. The number of nitrogens with one attached hydrogen (secondary N) is 1. The Bertz CT molecular complexity index is 397. The van der Waals surface area contributed by atoms with Crippen LogP contribution in [0.15, 0.2) is 24.3 Å². The highest BCUT2D eigenvalue weighted by Crippen LogP contribution is 2.39. The van der Waals surface area contributed by atoms with Gasteiger partial charge >= 0.3 is 0 Å². The van der Waals surface area contributed by atoms with E-state index in [0.717, 1.165) is 24.7 Å². The van der Waals surface area contributed by atoms with Crippen LogP contribution in [0.25, 0.3) is 0 Å². The third-order valence-electron chi connectivity index (χ3n) is 4.65. The van der Waals surface area contributed by atoms with Gasteiger partial charge in [0.25, 0.3) is 0 Å². The number of hydrogen-bond acceptors (Lipinski definition) is 2. The highest BCUT2D eigenvalue weighted by Gasteiger charge is 2.30. The molecular formula is C16H25FN2. The smallest absolute Gasteiger partial charge is 0.128 e. The minimum Gasteiger partial charge on any atom is -0.271 e. The summed E-state index contributed by atoms with van der Waals surface area (Å²) in [5.74, 6) is 7.53. The van der Waals surface area contributed by atoms with Crippen LogP contribution in [0.4, 0.5) is 4.39 Å². The number of rotatable bonds is 4. The van der Waals surface area contributed by atoms with Crippen molar-refractivity contribution >= 4 is 0 Å². The van der Waals surface area contributed by atoms with E-state index in [-0.39, 0.29) is 11.9 Å². The fourth-order valence-corrected chi connectivity index (χ4v) is 3.35. The molecule has 0 spiro atoms. The summed E-state index contributed by atoms with van der Waals surface area (Å²) in [5, 5.41) is 0. The Hall–Kier alpha value is -0.930. The summed E-state index contributed by atoms with van der Waals surface area (Å²) in [4.78, 5) is 0. The summed E-state index contributed by atoms with van der Waals surface area (Å²) >= 11 is 0. The van der Waals surface area contributed by atoms with E-state index in [1.165, 1.54) is 18.9 Å². The van der Waals surface area contributed by atoms with Gasteiger partial charge in [0.1, 0.15) is 5.82 Å². The molecule has 19 heavy (non-hydrogen) atoms. The number of hydrogen-bond donors (Lipinski definition) is 2. The van der Waals surface area contributed by atoms with E-state index >= 15 is 0 Å². The van der Waals surface area contributed by atoms with Gasteiger partial charge in [-0.2, -0.15) is 0 Å². The van der Waals surface area contributed by atoms with Crippen molar-refractivity contribution in [1.82, 2.24) is 5.43 Å². The van der Waals surface area contributed by atoms with Gasteiger partial charge in [0.15, 0.2) is 0 Å². The molecule has 0 bridgehead atoms. The van der Waals surface area contributed by atoms with Crippen molar-refractivity contribution in [2.45, 2.75) is 45.6 Å². The quantitative estimate of drug-likeness (QED) is 0.641. The first-order chi connectivity index (χ1) is 9.13. The number of benzene rings is 1. The molecule has 2 rings (SSSR count). The van der Waals surface area contributed by atoms with Gasteiger partial charge in [-0.15, -0.1) is 0 Å². The van der Waals surface area contributed by atoms with Gasteiger partial charge in [0.2, 0.25) is 0 Å². The molecule has 0 aliphatic heterocycles. The Balaban J connectivity index is 2.06. The molecule has 3 heteroatoms. The molecular weight excluding hydrogens is 239 g/mol. The van der Waals surface area contributed by atoms with Crippen LogP contribution in [0.5, 0.6) is 0 Å². The van der Waals surface area contributed by atoms with Gasteiger partial charge < -0.3 is 0 Å². The molecule has 106 valence electrons. The van der Waals surface area contributed by atoms with E-state index in [1.54, 1.807) is 6.07 Å². The van der Waals surface area contributed by atoms with E-state index in [0.29, 0.717) is 11.5 Å². The van der Waals surface area contributed by atoms with Crippen molar-refractivity contribution in [3.63, 3.8) is 0 Å². The summed E-state index contributed by atoms with van der Waals surface area (Å²) < 4.78 is 13.9. The Morgan fingerprint density at radius 2 is 1.68 bits per heavy atom. The lowest BCUT2D eigenvalue weighted by atomic mass is 9.73. The van der Waals surface area contributed by atoms with Gasteiger partial charge in [-0.05, 0) is 49.5 Å². The van der Waals surface area contributed by atoms with Crippen molar-refractivity contribution in [2.24, 2.45) is 23.6 Å². The van der Waals surface area contributed by atoms with E-state index < -0.39 is 0 Å². The van der Waals surface area contributed by atoms with Gasteiger partial charge in [-0.25, -0.2) is 4.39 Å². The second-order valence-corrected chi connectivity index (χ2v) is 6.08. The zero-order chi connectivity index (χ0) is 13.8. The van der Waals surface area contributed by atoms with Gasteiger partial charge in [-0.3, -0.25) is 11.3 Å². The highest BCUT2D eigenvalue weighted by molar-refractivity contribution is 5.22. The lowest BCUT2D eigenvalue weighted by Gasteiger charge is -2.35. The number of hydrazine groups is 1.